The maximum Gasteiger partial charge on any atom is 0.418 e. The summed E-state index contributed by atoms with van der Waals surface area (Å²) in [7, 11) is -3.92. The highest BCUT2D eigenvalue weighted by atomic mass is 32.2. The number of carboxylic acids is 1. The van der Waals surface area contributed by atoms with Gasteiger partial charge in [0.25, 0.3) is 10.0 Å². The minimum absolute atomic E-state index is 0.00280. The van der Waals surface area contributed by atoms with Gasteiger partial charge in [0.2, 0.25) is 0 Å². The molecule has 0 radical (unpaired) electrons. The number of nitrogens with zero attached hydrogens (tertiary/aromatic N) is 2. The van der Waals surface area contributed by atoms with Crippen LogP contribution in [0.25, 0.3) is 10.4 Å². The molecule has 1 aromatic heterocycles. The predicted octanol–water partition coefficient (Wildman–Crippen LogP) is 5.17. The zero-order chi connectivity index (χ0) is 25.5. The van der Waals surface area contributed by atoms with E-state index in [1.54, 1.807) is 25.1 Å². The van der Waals surface area contributed by atoms with E-state index in [4.69, 9.17) is 5.11 Å². The fourth-order valence-electron chi connectivity index (χ4n) is 4.03. The molecule has 1 aliphatic rings. The van der Waals surface area contributed by atoms with Crippen LogP contribution in [0, 0.1) is 5.82 Å². The summed E-state index contributed by atoms with van der Waals surface area (Å²) in [4.78, 5) is 13.1. The van der Waals surface area contributed by atoms with Crippen molar-refractivity contribution < 1.29 is 35.9 Å². The molecule has 0 bridgehead atoms. The number of halogens is 4. The molecule has 1 atom stereocenters. The lowest BCUT2D eigenvalue weighted by Gasteiger charge is -2.40. The van der Waals surface area contributed by atoms with E-state index in [1.807, 2.05) is 0 Å². The number of carbonyl (C=O) groups is 1. The Kier molecular flexibility index (Phi) is 6.64. The van der Waals surface area contributed by atoms with Crippen LogP contribution in [-0.4, -0.2) is 49.5 Å². The van der Waals surface area contributed by atoms with Crippen molar-refractivity contribution in [2.24, 2.45) is 0 Å². The molecule has 6 nitrogen and oxygen atoms in total. The van der Waals surface area contributed by atoms with Crippen molar-refractivity contribution in [1.82, 2.24) is 4.31 Å². The Hall–Kier alpha value is -2.96. The summed E-state index contributed by atoms with van der Waals surface area (Å²) >= 11 is 1.03. The van der Waals surface area contributed by atoms with Crippen LogP contribution in [0.1, 0.15) is 22.8 Å². The number of carboxylic acid groups (broad SMARTS) is 1. The van der Waals surface area contributed by atoms with Gasteiger partial charge in [0, 0.05) is 36.2 Å². The van der Waals surface area contributed by atoms with Gasteiger partial charge < -0.3 is 10.0 Å². The molecule has 0 amide bonds. The summed E-state index contributed by atoms with van der Waals surface area (Å²) in [5.41, 5.74) is -0.515. The van der Waals surface area contributed by atoms with E-state index in [1.165, 1.54) is 27.4 Å². The van der Waals surface area contributed by atoms with Gasteiger partial charge in [-0.3, -0.25) is 0 Å². The standard InChI is InChI=1S/C23H20F4N2O4S2/c1-14-13-28(19-7-6-17(24)12-18(19)23(25,26)27)10-11-29(14)35(32,33)21-9-8-20(34-21)15-2-4-16(5-3-15)22(30)31/h2-9,12,14H,10-11,13H2,1H3,(H,30,31)/t14-/m1/s1. The molecule has 1 saturated heterocycles. The van der Waals surface area contributed by atoms with Crippen molar-refractivity contribution in [3.8, 4) is 10.4 Å². The van der Waals surface area contributed by atoms with E-state index in [0.717, 1.165) is 23.5 Å². The highest BCUT2D eigenvalue weighted by Crippen LogP contribution is 2.39. The van der Waals surface area contributed by atoms with Gasteiger partial charge >= 0.3 is 12.1 Å². The van der Waals surface area contributed by atoms with Crippen LogP contribution in [0.2, 0.25) is 0 Å². The number of sulfonamides is 1. The Bertz CT molecular complexity index is 1350. The number of thiophene rings is 1. The molecular weight excluding hydrogens is 508 g/mol. The smallest absolute Gasteiger partial charge is 0.418 e. The molecule has 35 heavy (non-hydrogen) atoms. The fraction of sp³-hybridized carbons (Fsp3) is 0.261. The van der Waals surface area contributed by atoms with Crippen LogP contribution in [0.3, 0.4) is 0 Å². The lowest BCUT2D eigenvalue weighted by Crippen LogP contribution is -2.54. The number of benzene rings is 2. The number of hydrogen-bond donors (Lipinski definition) is 1. The monoisotopic (exact) mass is 528 g/mol. The lowest BCUT2D eigenvalue weighted by molar-refractivity contribution is -0.137. The highest BCUT2D eigenvalue weighted by Gasteiger charge is 2.39. The number of anilines is 1. The zero-order valence-electron chi connectivity index (χ0n) is 18.3. The summed E-state index contributed by atoms with van der Waals surface area (Å²) in [5, 5.41) is 9.03. The van der Waals surface area contributed by atoms with Gasteiger partial charge in [-0.1, -0.05) is 12.1 Å². The molecule has 0 saturated carbocycles. The quantitative estimate of drug-likeness (QED) is 0.463. The van der Waals surface area contributed by atoms with Crippen molar-refractivity contribution >= 4 is 33.0 Å². The Morgan fingerprint density at radius 1 is 1.06 bits per heavy atom. The van der Waals surface area contributed by atoms with Gasteiger partial charge in [-0.05, 0) is 55.0 Å². The maximum atomic E-state index is 13.5. The van der Waals surface area contributed by atoms with Crippen molar-refractivity contribution in [2.75, 3.05) is 24.5 Å². The van der Waals surface area contributed by atoms with Gasteiger partial charge in [0.05, 0.1) is 11.1 Å². The second-order valence-corrected chi connectivity index (χ2v) is 11.3. The molecule has 1 aliphatic heterocycles. The molecule has 2 aromatic carbocycles. The van der Waals surface area contributed by atoms with E-state index in [0.29, 0.717) is 16.5 Å². The molecule has 2 heterocycles. The van der Waals surface area contributed by atoms with E-state index >= 15 is 0 Å². The van der Waals surface area contributed by atoms with Crippen LogP contribution < -0.4 is 4.90 Å². The van der Waals surface area contributed by atoms with Crippen LogP contribution in [0.15, 0.2) is 58.8 Å². The van der Waals surface area contributed by atoms with Crippen molar-refractivity contribution in [1.29, 1.82) is 0 Å². The van der Waals surface area contributed by atoms with Crippen LogP contribution in [0.5, 0.6) is 0 Å². The highest BCUT2D eigenvalue weighted by molar-refractivity contribution is 7.91. The first kappa shape index (κ1) is 25.1. The maximum absolute atomic E-state index is 13.5. The van der Waals surface area contributed by atoms with Crippen molar-refractivity contribution in [2.45, 2.75) is 23.4 Å². The first-order valence-electron chi connectivity index (χ1n) is 10.4. The molecular formula is C23H20F4N2O4S2. The van der Waals surface area contributed by atoms with Gasteiger partial charge in [0.1, 0.15) is 10.0 Å². The van der Waals surface area contributed by atoms with E-state index in [2.05, 4.69) is 0 Å². The number of hydrogen-bond acceptors (Lipinski definition) is 5. The molecule has 0 spiro atoms. The SMILES string of the molecule is C[C@@H]1CN(c2ccc(F)cc2C(F)(F)F)CCN1S(=O)(=O)c1ccc(-c2ccc(C(=O)O)cc2)s1. The second kappa shape index (κ2) is 9.25. The minimum Gasteiger partial charge on any atom is -0.478 e. The molecule has 186 valence electrons. The summed E-state index contributed by atoms with van der Waals surface area (Å²) in [6, 6.07) is 10.9. The largest absolute Gasteiger partial charge is 0.478 e. The average Bonchev–Trinajstić information content (AvgIpc) is 3.29. The molecule has 1 fully saturated rings. The summed E-state index contributed by atoms with van der Waals surface area (Å²) in [6.45, 7) is 1.58. The third-order valence-electron chi connectivity index (χ3n) is 5.73. The Morgan fingerprint density at radius 3 is 2.34 bits per heavy atom. The number of rotatable bonds is 5. The fourth-order valence-corrected chi connectivity index (χ4v) is 7.09. The second-order valence-electron chi connectivity index (χ2n) is 8.07. The Balaban J connectivity index is 1.54. The summed E-state index contributed by atoms with van der Waals surface area (Å²) < 4.78 is 81.8. The number of alkyl halides is 3. The first-order valence-corrected chi connectivity index (χ1v) is 12.7. The first-order chi connectivity index (χ1) is 16.4. The molecule has 3 aromatic rings. The van der Waals surface area contributed by atoms with Crippen LogP contribution in [-0.2, 0) is 16.2 Å². The Morgan fingerprint density at radius 2 is 1.74 bits per heavy atom. The lowest BCUT2D eigenvalue weighted by atomic mass is 10.1. The minimum atomic E-state index is -4.75. The molecule has 4 rings (SSSR count). The summed E-state index contributed by atoms with van der Waals surface area (Å²) in [5.74, 6) is -2.07. The zero-order valence-corrected chi connectivity index (χ0v) is 19.9. The van der Waals surface area contributed by atoms with E-state index in [9.17, 15) is 30.8 Å². The molecule has 0 aliphatic carbocycles. The van der Waals surface area contributed by atoms with Gasteiger partial charge in [-0.15, -0.1) is 11.3 Å². The van der Waals surface area contributed by atoms with Crippen molar-refractivity contribution in [3.63, 3.8) is 0 Å². The van der Waals surface area contributed by atoms with E-state index < -0.39 is 39.6 Å². The van der Waals surface area contributed by atoms with Gasteiger partial charge in [-0.25, -0.2) is 17.6 Å². The van der Waals surface area contributed by atoms with Crippen LogP contribution >= 0.6 is 11.3 Å². The molecule has 12 heteroatoms. The normalized spacial score (nSPS) is 17.5. The topological polar surface area (TPSA) is 77.9 Å². The van der Waals surface area contributed by atoms with Crippen LogP contribution in [0.4, 0.5) is 23.2 Å². The number of piperazine rings is 1. The summed E-state index contributed by atoms with van der Waals surface area (Å²) in [6.07, 6.45) is -4.75. The third kappa shape index (κ3) is 5.04. The third-order valence-corrected chi connectivity index (χ3v) is 9.35. The Labute approximate surface area is 203 Å². The van der Waals surface area contributed by atoms with E-state index in [-0.39, 0.29) is 35.1 Å². The molecule has 0 unspecified atom stereocenters. The van der Waals surface area contributed by atoms with Gasteiger partial charge in [0.15, 0.2) is 0 Å². The number of aromatic carboxylic acids is 1. The van der Waals surface area contributed by atoms with Crippen molar-refractivity contribution in [3.05, 3.63) is 71.5 Å². The predicted molar refractivity (Wildman–Crippen MR) is 124 cm³/mol. The average molecular weight is 529 g/mol. The molecule has 1 N–H and O–H groups in total. The van der Waals surface area contributed by atoms with Gasteiger partial charge in [-0.2, -0.15) is 17.5 Å².